The molecule has 0 unspecified atom stereocenters. The first-order chi connectivity index (χ1) is 11.2. The van der Waals surface area contributed by atoms with Crippen molar-refractivity contribution in [2.75, 3.05) is 37.3 Å². The van der Waals surface area contributed by atoms with Gasteiger partial charge in [-0.3, -0.25) is 0 Å². The molecule has 2 heterocycles. The average Bonchev–Trinajstić information content (AvgIpc) is 2.78. The summed E-state index contributed by atoms with van der Waals surface area (Å²) < 4.78 is 18.9. The van der Waals surface area contributed by atoms with Crippen LogP contribution in [0.1, 0.15) is 11.3 Å². The van der Waals surface area contributed by atoms with Gasteiger partial charge >= 0.3 is 0 Å². The van der Waals surface area contributed by atoms with E-state index < -0.39 is 0 Å². The van der Waals surface area contributed by atoms with Crippen LogP contribution >= 0.6 is 0 Å². The van der Waals surface area contributed by atoms with E-state index in [4.69, 9.17) is 10.5 Å². The number of fused-ring (bicyclic) bond motifs is 1. The van der Waals surface area contributed by atoms with Crippen LogP contribution in [0.15, 0.2) is 24.3 Å². The fraction of sp³-hybridized carbons (Fsp3) is 0.375. The summed E-state index contributed by atoms with van der Waals surface area (Å²) in [6.07, 6.45) is 1.69. The van der Waals surface area contributed by atoms with Crippen LogP contribution in [0.3, 0.4) is 0 Å². The standard InChI is InChI=1S/C16H20FN5O/c17-12-3-1-2-4-14(12)23-10-9-20-15-11-5-7-19-8-6-13(11)21-16(18)22-15/h1-4,19H,5-10H2,(H3,18,20,21,22). The Balaban J connectivity index is 1.62. The topological polar surface area (TPSA) is 85.1 Å². The molecule has 0 aliphatic carbocycles. The minimum Gasteiger partial charge on any atom is -0.489 e. The molecule has 0 spiro atoms. The zero-order valence-electron chi connectivity index (χ0n) is 12.8. The van der Waals surface area contributed by atoms with Gasteiger partial charge in [0.05, 0.1) is 12.2 Å². The predicted octanol–water partition coefficient (Wildman–Crippen LogP) is 1.38. The Bertz CT molecular complexity index is 680. The second kappa shape index (κ2) is 7.23. The van der Waals surface area contributed by atoms with Crippen molar-refractivity contribution in [2.45, 2.75) is 12.8 Å². The van der Waals surface area contributed by atoms with Crippen molar-refractivity contribution in [2.24, 2.45) is 0 Å². The number of halogens is 1. The van der Waals surface area contributed by atoms with Gasteiger partial charge in [0.15, 0.2) is 11.6 Å². The molecule has 0 radical (unpaired) electrons. The highest BCUT2D eigenvalue weighted by Crippen LogP contribution is 2.20. The van der Waals surface area contributed by atoms with Crippen molar-refractivity contribution in [1.82, 2.24) is 15.3 Å². The molecule has 122 valence electrons. The third-order valence-electron chi connectivity index (χ3n) is 3.69. The first kappa shape index (κ1) is 15.5. The van der Waals surface area contributed by atoms with Gasteiger partial charge in [0.25, 0.3) is 0 Å². The van der Waals surface area contributed by atoms with Gasteiger partial charge in [-0.05, 0) is 25.1 Å². The Kier molecular flexibility index (Phi) is 4.87. The Morgan fingerprint density at radius 1 is 1.22 bits per heavy atom. The van der Waals surface area contributed by atoms with E-state index in [0.29, 0.717) is 13.2 Å². The van der Waals surface area contributed by atoms with Crippen molar-refractivity contribution in [3.63, 3.8) is 0 Å². The number of benzene rings is 1. The largest absolute Gasteiger partial charge is 0.489 e. The highest BCUT2D eigenvalue weighted by atomic mass is 19.1. The maximum absolute atomic E-state index is 13.5. The van der Waals surface area contributed by atoms with Crippen molar-refractivity contribution < 1.29 is 9.13 Å². The number of ether oxygens (including phenoxy) is 1. The first-order valence-electron chi connectivity index (χ1n) is 7.71. The molecule has 0 bridgehead atoms. The normalized spacial score (nSPS) is 14.0. The van der Waals surface area contributed by atoms with E-state index in [9.17, 15) is 4.39 Å². The van der Waals surface area contributed by atoms with Gasteiger partial charge in [-0.15, -0.1) is 0 Å². The summed E-state index contributed by atoms with van der Waals surface area (Å²) in [5, 5.41) is 6.56. The molecule has 0 saturated heterocycles. The smallest absolute Gasteiger partial charge is 0.222 e. The average molecular weight is 317 g/mol. The van der Waals surface area contributed by atoms with Crippen LogP contribution in [0, 0.1) is 5.82 Å². The number of aromatic nitrogens is 2. The molecule has 23 heavy (non-hydrogen) atoms. The van der Waals surface area contributed by atoms with Crippen LogP contribution in [0.25, 0.3) is 0 Å². The number of nitrogens with zero attached hydrogens (tertiary/aromatic N) is 2. The van der Waals surface area contributed by atoms with Crippen molar-refractivity contribution in [3.8, 4) is 5.75 Å². The zero-order valence-corrected chi connectivity index (χ0v) is 12.8. The Morgan fingerprint density at radius 2 is 2.04 bits per heavy atom. The van der Waals surface area contributed by atoms with Crippen LogP contribution in [-0.2, 0) is 12.8 Å². The number of nitrogens with two attached hydrogens (primary N) is 1. The molecule has 7 heteroatoms. The molecule has 1 aliphatic rings. The third-order valence-corrected chi connectivity index (χ3v) is 3.69. The highest BCUT2D eigenvalue weighted by Gasteiger charge is 2.15. The number of hydrogen-bond donors (Lipinski definition) is 3. The summed E-state index contributed by atoms with van der Waals surface area (Å²) in [5.41, 5.74) is 7.86. The lowest BCUT2D eigenvalue weighted by Gasteiger charge is -2.14. The Morgan fingerprint density at radius 3 is 2.91 bits per heavy atom. The molecule has 0 saturated carbocycles. The fourth-order valence-electron chi connectivity index (χ4n) is 2.60. The third kappa shape index (κ3) is 3.87. The quantitative estimate of drug-likeness (QED) is 0.723. The summed E-state index contributed by atoms with van der Waals surface area (Å²) in [6.45, 7) is 2.61. The Hall–Kier alpha value is -2.41. The summed E-state index contributed by atoms with van der Waals surface area (Å²) in [4.78, 5) is 8.62. The number of rotatable bonds is 5. The van der Waals surface area contributed by atoms with E-state index in [0.717, 1.165) is 43.0 Å². The van der Waals surface area contributed by atoms with Crippen LogP contribution in [0.5, 0.6) is 5.75 Å². The van der Waals surface area contributed by atoms with Crippen LogP contribution < -0.4 is 21.1 Å². The van der Waals surface area contributed by atoms with Gasteiger partial charge in [-0.25, -0.2) is 9.37 Å². The second-order valence-corrected chi connectivity index (χ2v) is 5.31. The molecule has 6 nitrogen and oxygen atoms in total. The Labute approximate surface area is 134 Å². The van der Waals surface area contributed by atoms with Crippen molar-refractivity contribution >= 4 is 11.8 Å². The lowest BCUT2D eigenvalue weighted by molar-refractivity contribution is 0.315. The van der Waals surface area contributed by atoms with Gasteiger partial charge < -0.3 is 21.1 Å². The molecular weight excluding hydrogens is 297 g/mol. The molecule has 0 amide bonds. The maximum atomic E-state index is 13.5. The molecule has 3 rings (SSSR count). The van der Waals surface area contributed by atoms with Crippen LogP contribution in [0.4, 0.5) is 16.2 Å². The molecule has 4 N–H and O–H groups in total. The van der Waals surface area contributed by atoms with Crippen LogP contribution in [-0.4, -0.2) is 36.2 Å². The number of anilines is 2. The number of nitrogen functional groups attached to an aromatic ring is 1. The SMILES string of the molecule is Nc1nc2c(c(NCCOc3ccccc3F)n1)CCNCC2. The van der Waals surface area contributed by atoms with E-state index >= 15 is 0 Å². The van der Waals surface area contributed by atoms with Crippen molar-refractivity contribution in [1.29, 1.82) is 0 Å². The summed E-state index contributed by atoms with van der Waals surface area (Å²) in [6, 6.07) is 6.35. The van der Waals surface area contributed by atoms with Gasteiger partial charge in [-0.1, -0.05) is 12.1 Å². The molecule has 1 aliphatic heterocycles. The number of hydrogen-bond acceptors (Lipinski definition) is 6. The van der Waals surface area contributed by atoms with E-state index in [2.05, 4.69) is 20.6 Å². The predicted molar refractivity (Wildman–Crippen MR) is 87.1 cm³/mol. The van der Waals surface area contributed by atoms with Gasteiger partial charge in [0.2, 0.25) is 5.95 Å². The maximum Gasteiger partial charge on any atom is 0.222 e. The lowest BCUT2D eigenvalue weighted by Crippen LogP contribution is -2.17. The summed E-state index contributed by atoms with van der Waals surface area (Å²) >= 11 is 0. The van der Waals surface area contributed by atoms with Gasteiger partial charge in [-0.2, -0.15) is 4.98 Å². The number of para-hydroxylation sites is 1. The van der Waals surface area contributed by atoms with E-state index in [1.807, 2.05) is 0 Å². The minimum atomic E-state index is -0.362. The minimum absolute atomic E-state index is 0.250. The van der Waals surface area contributed by atoms with E-state index in [1.165, 1.54) is 6.07 Å². The fourth-order valence-corrected chi connectivity index (χ4v) is 2.60. The van der Waals surface area contributed by atoms with Crippen molar-refractivity contribution in [3.05, 3.63) is 41.3 Å². The molecule has 1 aromatic heterocycles. The molecule has 1 aromatic carbocycles. The molecule has 0 fully saturated rings. The first-order valence-corrected chi connectivity index (χ1v) is 7.71. The summed E-state index contributed by atoms with van der Waals surface area (Å²) in [7, 11) is 0. The van der Waals surface area contributed by atoms with E-state index in [1.54, 1.807) is 18.2 Å². The van der Waals surface area contributed by atoms with Crippen LogP contribution in [0.2, 0.25) is 0 Å². The highest BCUT2D eigenvalue weighted by molar-refractivity contribution is 5.50. The second-order valence-electron chi connectivity index (χ2n) is 5.31. The molecular formula is C16H20FN5O. The summed E-state index contributed by atoms with van der Waals surface area (Å²) in [5.74, 6) is 0.898. The monoisotopic (exact) mass is 317 g/mol. The lowest BCUT2D eigenvalue weighted by atomic mass is 10.1. The van der Waals surface area contributed by atoms with E-state index in [-0.39, 0.29) is 17.5 Å². The molecule has 0 atom stereocenters. The zero-order chi connectivity index (χ0) is 16.1. The van der Waals surface area contributed by atoms with Gasteiger partial charge in [0, 0.05) is 18.5 Å². The number of nitrogens with one attached hydrogen (secondary N) is 2. The molecule has 2 aromatic rings. The van der Waals surface area contributed by atoms with Gasteiger partial charge in [0.1, 0.15) is 12.4 Å².